The van der Waals surface area contributed by atoms with Crippen molar-refractivity contribution < 1.29 is 0 Å². The van der Waals surface area contributed by atoms with Gasteiger partial charge in [0.2, 0.25) is 0 Å². The van der Waals surface area contributed by atoms with Gasteiger partial charge in [-0.05, 0) is 43.4 Å². The summed E-state index contributed by atoms with van der Waals surface area (Å²) < 4.78 is 0. The van der Waals surface area contributed by atoms with Crippen LogP contribution in [0, 0.1) is 11.3 Å². The van der Waals surface area contributed by atoms with Crippen LogP contribution in [0.15, 0.2) is 23.3 Å². The summed E-state index contributed by atoms with van der Waals surface area (Å²) in [4.78, 5) is 0. The summed E-state index contributed by atoms with van der Waals surface area (Å²) in [5.41, 5.74) is 3.89. The van der Waals surface area contributed by atoms with Crippen LogP contribution in [0.1, 0.15) is 59.3 Å². The lowest BCUT2D eigenvalue weighted by Gasteiger charge is -2.43. The molecule has 0 N–H and O–H groups in total. The van der Waals surface area contributed by atoms with Gasteiger partial charge in [-0.3, -0.25) is 0 Å². The Morgan fingerprint density at radius 2 is 2.27 bits per heavy atom. The average molecular weight is 204 g/mol. The highest BCUT2D eigenvalue weighted by Crippen LogP contribution is 2.50. The molecule has 2 rings (SSSR count). The van der Waals surface area contributed by atoms with Crippen molar-refractivity contribution in [3.8, 4) is 0 Å². The predicted octanol–water partition coefficient (Wildman–Crippen LogP) is 4.87. The molecule has 1 saturated carbocycles. The van der Waals surface area contributed by atoms with Gasteiger partial charge in [-0.1, -0.05) is 50.5 Å². The third-order valence-corrected chi connectivity index (χ3v) is 4.37. The molecule has 2 aliphatic rings. The fourth-order valence-electron chi connectivity index (χ4n) is 3.39. The minimum absolute atomic E-state index is 0.544. The molecule has 0 aromatic heterocycles. The minimum Gasteiger partial charge on any atom is -0.0816 e. The Bertz CT molecular complexity index is 295. The molecule has 0 saturated heterocycles. The Balaban J connectivity index is 2.30. The van der Waals surface area contributed by atoms with E-state index in [1.165, 1.54) is 38.5 Å². The Morgan fingerprint density at radius 1 is 1.47 bits per heavy atom. The van der Waals surface area contributed by atoms with Crippen molar-refractivity contribution in [3.63, 3.8) is 0 Å². The maximum atomic E-state index is 2.52. The maximum absolute atomic E-state index is 2.52. The van der Waals surface area contributed by atoms with E-state index in [4.69, 9.17) is 0 Å². The number of hydrogen-bond donors (Lipinski definition) is 0. The van der Waals surface area contributed by atoms with Gasteiger partial charge in [-0.2, -0.15) is 0 Å². The highest BCUT2D eigenvalue weighted by Gasteiger charge is 2.37. The largest absolute Gasteiger partial charge is 0.0816 e. The molecule has 0 heteroatoms. The Kier molecular flexibility index (Phi) is 3.04. The molecular formula is C15H24. The van der Waals surface area contributed by atoms with Gasteiger partial charge in [-0.25, -0.2) is 0 Å². The summed E-state index contributed by atoms with van der Waals surface area (Å²) in [6, 6.07) is 0. The van der Waals surface area contributed by atoms with Crippen LogP contribution in [-0.2, 0) is 0 Å². The van der Waals surface area contributed by atoms with Crippen LogP contribution >= 0.6 is 0 Å². The summed E-state index contributed by atoms with van der Waals surface area (Å²) in [5.74, 6) is 0.823. The van der Waals surface area contributed by atoms with Crippen LogP contribution < -0.4 is 0 Å². The topological polar surface area (TPSA) is 0 Å². The molecular weight excluding hydrogens is 180 g/mol. The van der Waals surface area contributed by atoms with Crippen molar-refractivity contribution in [2.45, 2.75) is 59.3 Å². The molecule has 2 unspecified atom stereocenters. The van der Waals surface area contributed by atoms with Crippen LogP contribution in [0.3, 0.4) is 0 Å². The maximum Gasteiger partial charge on any atom is -0.0107 e. The molecule has 0 radical (unpaired) electrons. The summed E-state index contributed by atoms with van der Waals surface area (Å²) >= 11 is 0. The van der Waals surface area contributed by atoms with E-state index < -0.39 is 0 Å². The van der Waals surface area contributed by atoms with E-state index in [0.717, 1.165) is 5.92 Å². The lowest BCUT2D eigenvalue weighted by Crippen LogP contribution is -2.30. The van der Waals surface area contributed by atoms with Gasteiger partial charge in [-0.15, -0.1) is 0 Å². The summed E-state index contributed by atoms with van der Waals surface area (Å²) in [7, 11) is 0. The Morgan fingerprint density at radius 3 is 3.00 bits per heavy atom. The van der Waals surface area contributed by atoms with E-state index in [-0.39, 0.29) is 0 Å². The third kappa shape index (κ3) is 2.04. The monoisotopic (exact) mass is 204 g/mol. The molecule has 2 atom stereocenters. The van der Waals surface area contributed by atoms with E-state index in [2.05, 4.69) is 32.9 Å². The first-order chi connectivity index (χ1) is 7.15. The zero-order chi connectivity index (χ0) is 10.9. The molecule has 2 aliphatic carbocycles. The molecule has 0 spiro atoms. The minimum atomic E-state index is 0.544. The Hall–Kier alpha value is -0.520. The zero-order valence-electron chi connectivity index (χ0n) is 10.5. The number of hydrogen-bond acceptors (Lipinski definition) is 0. The van der Waals surface area contributed by atoms with Crippen molar-refractivity contribution in [2.24, 2.45) is 11.3 Å². The molecule has 0 aliphatic heterocycles. The second-order valence-corrected chi connectivity index (χ2v) is 5.64. The lowest BCUT2D eigenvalue weighted by molar-refractivity contribution is 0.239. The van der Waals surface area contributed by atoms with Gasteiger partial charge in [0.15, 0.2) is 0 Å². The first kappa shape index (κ1) is 11.0. The molecule has 84 valence electrons. The number of allylic oxidation sites excluding steroid dienone is 4. The molecule has 0 aromatic carbocycles. The molecule has 15 heavy (non-hydrogen) atoms. The van der Waals surface area contributed by atoms with Crippen LogP contribution in [-0.4, -0.2) is 0 Å². The highest BCUT2D eigenvalue weighted by molar-refractivity contribution is 5.34. The fraction of sp³-hybridized carbons (Fsp3) is 0.733. The van der Waals surface area contributed by atoms with E-state index in [9.17, 15) is 0 Å². The standard InChI is InChI=1S/C15H24/c1-4-6-13-8-10-15(3)9-5-7-12(2)14(15)11-13/h6,11-12H,4-5,7-10H2,1-3H3. The van der Waals surface area contributed by atoms with Gasteiger partial charge in [0.05, 0.1) is 0 Å². The molecule has 0 aromatic rings. The molecule has 0 bridgehead atoms. The fourth-order valence-corrected chi connectivity index (χ4v) is 3.39. The van der Waals surface area contributed by atoms with Crippen LogP contribution in [0.25, 0.3) is 0 Å². The second-order valence-electron chi connectivity index (χ2n) is 5.64. The smallest absolute Gasteiger partial charge is 0.0107 e. The first-order valence-corrected chi connectivity index (χ1v) is 6.57. The van der Waals surface area contributed by atoms with E-state index in [0.29, 0.717) is 5.41 Å². The van der Waals surface area contributed by atoms with E-state index in [1.54, 1.807) is 11.1 Å². The number of rotatable bonds is 1. The van der Waals surface area contributed by atoms with Crippen molar-refractivity contribution >= 4 is 0 Å². The first-order valence-electron chi connectivity index (χ1n) is 6.57. The van der Waals surface area contributed by atoms with Crippen molar-refractivity contribution in [1.29, 1.82) is 0 Å². The van der Waals surface area contributed by atoms with Gasteiger partial charge in [0.1, 0.15) is 0 Å². The van der Waals surface area contributed by atoms with Crippen LogP contribution in [0.5, 0.6) is 0 Å². The normalized spacial score (nSPS) is 38.7. The molecule has 1 fully saturated rings. The summed E-state index contributed by atoms with van der Waals surface area (Å²) in [6.07, 6.45) is 13.1. The molecule has 0 nitrogen and oxygen atoms in total. The van der Waals surface area contributed by atoms with Gasteiger partial charge in [0.25, 0.3) is 0 Å². The van der Waals surface area contributed by atoms with Crippen LogP contribution in [0.4, 0.5) is 0 Å². The molecule has 0 amide bonds. The molecule has 0 heterocycles. The lowest BCUT2D eigenvalue weighted by atomic mass is 9.62. The van der Waals surface area contributed by atoms with Crippen molar-refractivity contribution in [1.82, 2.24) is 0 Å². The van der Waals surface area contributed by atoms with E-state index >= 15 is 0 Å². The zero-order valence-corrected chi connectivity index (χ0v) is 10.5. The van der Waals surface area contributed by atoms with Gasteiger partial charge in [0, 0.05) is 0 Å². The number of fused-ring (bicyclic) bond motifs is 1. The SMILES string of the molecule is CCC=C1C=C2C(C)CCCC2(C)CC1. The van der Waals surface area contributed by atoms with Crippen molar-refractivity contribution in [2.75, 3.05) is 0 Å². The second kappa shape index (κ2) is 4.15. The van der Waals surface area contributed by atoms with Gasteiger partial charge < -0.3 is 0 Å². The highest BCUT2D eigenvalue weighted by atomic mass is 14.4. The third-order valence-electron chi connectivity index (χ3n) is 4.37. The van der Waals surface area contributed by atoms with E-state index in [1.807, 2.05) is 0 Å². The average Bonchev–Trinajstić information content (AvgIpc) is 2.20. The van der Waals surface area contributed by atoms with Gasteiger partial charge >= 0.3 is 0 Å². The van der Waals surface area contributed by atoms with Crippen molar-refractivity contribution in [3.05, 3.63) is 23.3 Å². The van der Waals surface area contributed by atoms with Crippen LogP contribution in [0.2, 0.25) is 0 Å². The quantitative estimate of drug-likeness (QED) is 0.571. The summed E-state index contributed by atoms with van der Waals surface area (Å²) in [5, 5.41) is 0. The predicted molar refractivity (Wildman–Crippen MR) is 66.8 cm³/mol. The summed E-state index contributed by atoms with van der Waals surface area (Å²) in [6.45, 7) is 7.14. The Labute approximate surface area is 94.5 Å².